The van der Waals surface area contributed by atoms with Gasteiger partial charge in [-0.2, -0.15) is 0 Å². The van der Waals surface area contributed by atoms with Crippen molar-refractivity contribution >= 4 is 0 Å². The van der Waals surface area contributed by atoms with Crippen LogP contribution < -0.4 is 10.1 Å². The number of nitrogens with one attached hydrogen (secondary N) is 1. The molecule has 0 radical (unpaired) electrons. The molecule has 1 atom stereocenters. The van der Waals surface area contributed by atoms with Crippen molar-refractivity contribution in [2.24, 2.45) is 0 Å². The molecule has 1 fully saturated rings. The van der Waals surface area contributed by atoms with Gasteiger partial charge < -0.3 is 20.3 Å². The maximum atomic E-state index is 12.4. The number of phenolic OH excluding ortho intramolecular Hbond substituents is 2. The van der Waals surface area contributed by atoms with Gasteiger partial charge in [-0.15, -0.1) is 13.2 Å². The minimum absolute atomic E-state index is 0.00922. The van der Waals surface area contributed by atoms with Crippen LogP contribution in [-0.4, -0.2) is 47.7 Å². The maximum Gasteiger partial charge on any atom is 0.573 e. The number of alkyl halides is 3. The molecule has 1 aliphatic rings. The van der Waals surface area contributed by atoms with Crippen molar-refractivity contribution in [1.29, 1.82) is 0 Å². The molecule has 0 aromatic heterocycles. The van der Waals surface area contributed by atoms with E-state index in [0.29, 0.717) is 24.2 Å². The van der Waals surface area contributed by atoms with E-state index in [4.69, 9.17) is 0 Å². The summed E-state index contributed by atoms with van der Waals surface area (Å²) in [6.45, 7) is 2.90. The lowest BCUT2D eigenvalue weighted by Gasteiger charge is -2.36. The number of halogens is 3. The van der Waals surface area contributed by atoms with Crippen molar-refractivity contribution < 1.29 is 28.1 Å². The van der Waals surface area contributed by atoms with E-state index in [9.17, 15) is 23.4 Å². The Morgan fingerprint density at radius 2 is 1.65 bits per heavy atom. The lowest BCUT2D eigenvalue weighted by Crippen LogP contribution is -2.45. The molecule has 140 valence electrons. The molecule has 0 aliphatic carbocycles. The van der Waals surface area contributed by atoms with Gasteiger partial charge in [0, 0.05) is 31.7 Å². The van der Waals surface area contributed by atoms with Gasteiger partial charge in [0.2, 0.25) is 0 Å². The van der Waals surface area contributed by atoms with E-state index < -0.39 is 12.4 Å². The number of piperazine rings is 1. The first kappa shape index (κ1) is 18.3. The standard InChI is InChI=1S/C18H19F3N2O3/c19-18(20,21)26-14-4-1-12(2-5-14)17(23-9-7-22-8-10-23)15-11-13(24)3-6-16(15)25/h1-6,11,17,22,24-25H,7-10H2/t17-/m0/s1. The molecule has 0 amide bonds. The fraction of sp³-hybridized carbons (Fsp3) is 0.333. The van der Waals surface area contributed by atoms with Gasteiger partial charge in [0.05, 0.1) is 6.04 Å². The van der Waals surface area contributed by atoms with E-state index in [-0.39, 0.29) is 17.2 Å². The Labute approximate surface area is 148 Å². The van der Waals surface area contributed by atoms with Gasteiger partial charge in [0.1, 0.15) is 17.2 Å². The molecule has 0 bridgehead atoms. The minimum Gasteiger partial charge on any atom is -0.508 e. The van der Waals surface area contributed by atoms with Crippen LogP contribution in [0.2, 0.25) is 0 Å². The van der Waals surface area contributed by atoms with Crippen LogP contribution in [0.25, 0.3) is 0 Å². The summed E-state index contributed by atoms with van der Waals surface area (Å²) in [4.78, 5) is 2.10. The molecule has 8 heteroatoms. The molecule has 3 rings (SSSR count). The average Bonchev–Trinajstić information content (AvgIpc) is 2.59. The maximum absolute atomic E-state index is 12.4. The van der Waals surface area contributed by atoms with Gasteiger partial charge in [-0.1, -0.05) is 12.1 Å². The van der Waals surface area contributed by atoms with Gasteiger partial charge in [0.15, 0.2) is 0 Å². The fourth-order valence-electron chi connectivity index (χ4n) is 3.14. The Bertz CT molecular complexity index is 744. The summed E-state index contributed by atoms with van der Waals surface area (Å²) in [5.74, 6) is -0.280. The Morgan fingerprint density at radius 3 is 2.27 bits per heavy atom. The third-order valence-corrected chi connectivity index (χ3v) is 4.25. The molecule has 2 aromatic carbocycles. The van der Waals surface area contributed by atoms with Gasteiger partial charge in [-0.3, -0.25) is 4.90 Å². The van der Waals surface area contributed by atoms with E-state index in [2.05, 4.69) is 15.0 Å². The van der Waals surface area contributed by atoms with Gasteiger partial charge in [0.25, 0.3) is 0 Å². The van der Waals surface area contributed by atoms with Crippen LogP contribution in [-0.2, 0) is 0 Å². The second kappa shape index (κ2) is 7.43. The summed E-state index contributed by atoms with van der Waals surface area (Å²) in [7, 11) is 0. The van der Waals surface area contributed by atoms with E-state index in [0.717, 1.165) is 13.1 Å². The average molecular weight is 368 g/mol. The summed E-state index contributed by atoms with van der Waals surface area (Å²) < 4.78 is 41.0. The molecule has 2 aromatic rings. The number of hydrogen-bond acceptors (Lipinski definition) is 5. The minimum atomic E-state index is -4.75. The van der Waals surface area contributed by atoms with E-state index in [1.165, 1.54) is 42.5 Å². The summed E-state index contributed by atoms with van der Waals surface area (Å²) in [6, 6.07) is 9.44. The topological polar surface area (TPSA) is 65.0 Å². The largest absolute Gasteiger partial charge is 0.573 e. The number of ether oxygens (including phenoxy) is 1. The Kier molecular flexibility index (Phi) is 5.24. The second-order valence-electron chi connectivity index (χ2n) is 6.05. The highest BCUT2D eigenvalue weighted by molar-refractivity contribution is 5.45. The lowest BCUT2D eigenvalue weighted by molar-refractivity contribution is -0.274. The molecule has 1 aliphatic heterocycles. The molecular formula is C18H19F3N2O3. The second-order valence-corrected chi connectivity index (χ2v) is 6.05. The van der Waals surface area contributed by atoms with Gasteiger partial charge in [-0.05, 0) is 35.9 Å². The first-order valence-electron chi connectivity index (χ1n) is 8.16. The smallest absolute Gasteiger partial charge is 0.508 e. The Hall–Kier alpha value is -2.45. The highest BCUT2D eigenvalue weighted by Crippen LogP contribution is 2.37. The molecule has 26 heavy (non-hydrogen) atoms. The Morgan fingerprint density at radius 1 is 1.00 bits per heavy atom. The first-order chi connectivity index (χ1) is 12.3. The van der Waals surface area contributed by atoms with Crippen molar-refractivity contribution in [2.75, 3.05) is 26.2 Å². The summed E-state index contributed by atoms with van der Waals surface area (Å²) in [5, 5.41) is 23.3. The predicted octanol–water partition coefficient (Wildman–Crippen LogP) is 2.99. The Balaban J connectivity index is 1.96. The van der Waals surface area contributed by atoms with E-state index >= 15 is 0 Å². The number of rotatable bonds is 4. The zero-order chi connectivity index (χ0) is 18.7. The van der Waals surface area contributed by atoms with Crippen LogP contribution in [0.15, 0.2) is 42.5 Å². The highest BCUT2D eigenvalue weighted by Gasteiger charge is 2.31. The van der Waals surface area contributed by atoms with Crippen molar-refractivity contribution in [2.45, 2.75) is 12.4 Å². The van der Waals surface area contributed by atoms with E-state index in [1.54, 1.807) is 0 Å². The molecule has 1 heterocycles. The fourth-order valence-corrected chi connectivity index (χ4v) is 3.14. The number of aromatic hydroxyl groups is 2. The van der Waals surface area contributed by atoms with Crippen molar-refractivity contribution in [3.63, 3.8) is 0 Å². The highest BCUT2D eigenvalue weighted by atomic mass is 19.4. The first-order valence-corrected chi connectivity index (χ1v) is 8.16. The number of benzene rings is 2. The number of hydrogen-bond donors (Lipinski definition) is 3. The molecular weight excluding hydrogens is 349 g/mol. The van der Waals surface area contributed by atoms with Crippen molar-refractivity contribution in [3.8, 4) is 17.2 Å². The molecule has 0 saturated carbocycles. The monoisotopic (exact) mass is 368 g/mol. The molecule has 3 N–H and O–H groups in total. The van der Waals surface area contributed by atoms with Crippen LogP contribution in [0.5, 0.6) is 17.2 Å². The van der Waals surface area contributed by atoms with Crippen molar-refractivity contribution in [1.82, 2.24) is 10.2 Å². The summed E-state index contributed by atoms with van der Waals surface area (Å²) >= 11 is 0. The van der Waals surface area contributed by atoms with E-state index in [1.807, 2.05) is 0 Å². The summed E-state index contributed by atoms with van der Waals surface area (Å²) in [5.41, 5.74) is 1.19. The predicted molar refractivity (Wildman–Crippen MR) is 89.2 cm³/mol. The van der Waals surface area contributed by atoms with Crippen LogP contribution in [0.1, 0.15) is 17.2 Å². The molecule has 1 saturated heterocycles. The van der Waals surface area contributed by atoms with Gasteiger partial charge >= 0.3 is 6.36 Å². The number of nitrogens with zero attached hydrogens (tertiary/aromatic N) is 1. The van der Waals surface area contributed by atoms with Crippen LogP contribution >= 0.6 is 0 Å². The number of phenols is 2. The van der Waals surface area contributed by atoms with Gasteiger partial charge in [-0.25, -0.2) is 0 Å². The SMILES string of the molecule is Oc1ccc(O)c([C@H](c2ccc(OC(F)(F)F)cc2)N2CCNCC2)c1. The van der Waals surface area contributed by atoms with Crippen molar-refractivity contribution in [3.05, 3.63) is 53.6 Å². The zero-order valence-electron chi connectivity index (χ0n) is 13.8. The molecule has 0 spiro atoms. The third kappa shape index (κ3) is 4.39. The quantitative estimate of drug-likeness (QED) is 0.724. The zero-order valence-corrected chi connectivity index (χ0v) is 13.8. The van der Waals surface area contributed by atoms with Crippen LogP contribution in [0.4, 0.5) is 13.2 Å². The van der Waals surface area contributed by atoms with Crippen LogP contribution in [0, 0.1) is 0 Å². The summed E-state index contributed by atoms with van der Waals surface area (Å²) in [6.07, 6.45) is -4.75. The lowest BCUT2D eigenvalue weighted by atomic mass is 9.95. The molecule has 5 nitrogen and oxygen atoms in total. The molecule has 0 unspecified atom stereocenters. The normalized spacial score (nSPS) is 17.0. The third-order valence-electron chi connectivity index (χ3n) is 4.25. The van der Waals surface area contributed by atoms with Crippen LogP contribution in [0.3, 0.4) is 0 Å².